The average Bonchev–Trinajstić information content (AvgIpc) is 2.85. The van der Waals surface area contributed by atoms with E-state index in [9.17, 15) is 18.4 Å². The molecule has 1 aromatic rings. The molecule has 2 aliphatic rings. The molecule has 0 aromatic heterocycles. The second-order valence-corrected chi connectivity index (χ2v) is 10.3. The summed E-state index contributed by atoms with van der Waals surface area (Å²) in [6.07, 6.45) is 13.8. The lowest BCUT2D eigenvalue weighted by Crippen LogP contribution is -2.26. The first-order valence-electron chi connectivity index (χ1n) is 13.3. The fourth-order valence-electron chi connectivity index (χ4n) is 5.52. The van der Waals surface area contributed by atoms with Gasteiger partial charge in [0.1, 0.15) is 0 Å². The molecule has 2 aliphatic carbocycles. The summed E-state index contributed by atoms with van der Waals surface area (Å²) in [5, 5.41) is 0. The Bertz CT molecular complexity index is 809. The van der Waals surface area contributed by atoms with Gasteiger partial charge in [-0.3, -0.25) is 9.59 Å². The highest BCUT2D eigenvalue weighted by molar-refractivity contribution is 5.76. The predicted molar refractivity (Wildman–Crippen MR) is 128 cm³/mol. The Balaban J connectivity index is 1.50. The van der Waals surface area contributed by atoms with E-state index in [4.69, 9.17) is 9.47 Å². The minimum absolute atomic E-state index is 0.287. The van der Waals surface area contributed by atoms with Gasteiger partial charge in [-0.2, -0.15) is 8.78 Å². The fourth-order valence-corrected chi connectivity index (χ4v) is 5.52. The van der Waals surface area contributed by atoms with Crippen molar-refractivity contribution in [1.82, 2.24) is 0 Å². The van der Waals surface area contributed by atoms with Crippen molar-refractivity contribution in [3.8, 4) is 11.5 Å². The van der Waals surface area contributed by atoms with Crippen molar-refractivity contribution in [1.29, 1.82) is 0 Å². The normalized spacial score (nSPS) is 25.1. The molecule has 2 saturated carbocycles. The molecular weight excluding hydrogens is 438 g/mol. The second kappa shape index (κ2) is 13.2. The van der Waals surface area contributed by atoms with E-state index in [2.05, 4.69) is 13.8 Å². The van der Waals surface area contributed by atoms with Crippen LogP contribution < -0.4 is 9.47 Å². The van der Waals surface area contributed by atoms with Crippen LogP contribution in [0.15, 0.2) is 12.1 Å². The Labute approximate surface area is 202 Å². The Kier molecular flexibility index (Phi) is 10.3. The smallest absolute Gasteiger partial charge is 0.314 e. The first kappa shape index (κ1) is 26.6. The first-order valence-corrected chi connectivity index (χ1v) is 13.3. The Hall–Kier alpha value is -1.98. The Morgan fingerprint density at radius 1 is 0.706 bits per heavy atom. The van der Waals surface area contributed by atoms with Crippen molar-refractivity contribution in [2.75, 3.05) is 0 Å². The molecule has 4 nitrogen and oxygen atoms in total. The molecule has 34 heavy (non-hydrogen) atoms. The topological polar surface area (TPSA) is 52.6 Å². The van der Waals surface area contributed by atoms with Gasteiger partial charge in [0.05, 0.1) is 11.8 Å². The van der Waals surface area contributed by atoms with E-state index < -0.39 is 35.1 Å². The van der Waals surface area contributed by atoms with Crippen LogP contribution in [0, 0.1) is 35.3 Å². The number of rotatable bonds is 10. The largest absolute Gasteiger partial charge is 0.423 e. The number of hydrogen-bond donors (Lipinski definition) is 0. The summed E-state index contributed by atoms with van der Waals surface area (Å²) in [5.41, 5.74) is 0. The van der Waals surface area contributed by atoms with E-state index in [1.165, 1.54) is 37.8 Å². The van der Waals surface area contributed by atoms with Gasteiger partial charge in [0.15, 0.2) is 11.5 Å². The molecule has 190 valence electrons. The van der Waals surface area contributed by atoms with Crippen molar-refractivity contribution in [2.24, 2.45) is 23.7 Å². The molecule has 0 heterocycles. The maximum atomic E-state index is 14.6. The van der Waals surface area contributed by atoms with Crippen molar-refractivity contribution >= 4 is 11.9 Å². The third kappa shape index (κ3) is 7.26. The Morgan fingerprint density at radius 3 is 1.56 bits per heavy atom. The van der Waals surface area contributed by atoms with E-state index in [0.717, 1.165) is 51.4 Å². The zero-order chi connectivity index (χ0) is 24.5. The highest BCUT2D eigenvalue weighted by Crippen LogP contribution is 2.36. The number of carbonyl (C=O) groups is 2. The summed E-state index contributed by atoms with van der Waals surface area (Å²) in [7, 11) is 0. The molecule has 3 rings (SSSR count). The van der Waals surface area contributed by atoms with Crippen LogP contribution in [0.5, 0.6) is 11.5 Å². The van der Waals surface area contributed by atoms with Crippen molar-refractivity contribution < 1.29 is 27.8 Å². The van der Waals surface area contributed by atoms with Gasteiger partial charge in [0, 0.05) is 0 Å². The minimum Gasteiger partial charge on any atom is -0.423 e. The molecule has 0 unspecified atom stereocenters. The third-order valence-electron chi connectivity index (χ3n) is 7.71. The zero-order valence-electron chi connectivity index (χ0n) is 20.8. The van der Waals surface area contributed by atoms with E-state index in [1.807, 2.05) is 0 Å². The number of hydrogen-bond acceptors (Lipinski definition) is 4. The lowest BCUT2D eigenvalue weighted by atomic mass is 9.80. The summed E-state index contributed by atoms with van der Waals surface area (Å²) in [6, 6.07) is 2.35. The van der Waals surface area contributed by atoms with Crippen molar-refractivity contribution in [2.45, 2.75) is 104 Å². The van der Waals surface area contributed by atoms with Crippen molar-refractivity contribution in [3.05, 3.63) is 23.8 Å². The molecule has 0 bridgehead atoms. The molecule has 0 saturated heterocycles. The van der Waals surface area contributed by atoms with E-state index in [0.29, 0.717) is 24.7 Å². The summed E-state index contributed by atoms with van der Waals surface area (Å²) >= 11 is 0. The van der Waals surface area contributed by atoms with Crippen LogP contribution in [-0.2, 0) is 9.59 Å². The summed E-state index contributed by atoms with van der Waals surface area (Å²) < 4.78 is 39.6. The van der Waals surface area contributed by atoms with Crippen LogP contribution in [-0.4, -0.2) is 11.9 Å². The van der Waals surface area contributed by atoms with Crippen LogP contribution in [0.1, 0.15) is 104 Å². The minimum atomic E-state index is -1.29. The predicted octanol–water partition coefficient (Wildman–Crippen LogP) is 7.77. The number of ether oxygens (including phenoxy) is 2. The zero-order valence-corrected chi connectivity index (χ0v) is 20.8. The number of carbonyl (C=O) groups excluding carboxylic acids is 2. The van der Waals surface area contributed by atoms with E-state index in [-0.39, 0.29) is 11.8 Å². The summed E-state index contributed by atoms with van der Waals surface area (Å²) in [4.78, 5) is 25.0. The summed E-state index contributed by atoms with van der Waals surface area (Å²) in [6.45, 7) is 4.34. The number of unbranched alkanes of at least 4 members (excludes halogenated alkanes) is 2. The van der Waals surface area contributed by atoms with Crippen LogP contribution >= 0.6 is 0 Å². The highest BCUT2D eigenvalue weighted by Gasteiger charge is 2.31. The van der Waals surface area contributed by atoms with Gasteiger partial charge in [-0.05, 0) is 75.3 Å². The third-order valence-corrected chi connectivity index (χ3v) is 7.71. The molecule has 0 amide bonds. The van der Waals surface area contributed by atoms with Crippen LogP contribution in [0.3, 0.4) is 0 Å². The van der Waals surface area contributed by atoms with Crippen LogP contribution in [0.25, 0.3) is 0 Å². The van der Waals surface area contributed by atoms with Gasteiger partial charge in [0.2, 0.25) is 11.6 Å². The lowest BCUT2D eigenvalue weighted by Gasteiger charge is -2.27. The van der Waals surface area contributed by atoms with Crippen molar-refractivity contribution in [3.63, 3.8) is 0 Å². The summed E-state index contributed by atoms with van der Waals surface area (Å²) in [5.74, 6) is -3.83. The molecule has 1 aromatic carbocycles. The first-order chi connectivity index (χ1) is 16.4. The highest BCUT2D eigenvalue weighted by atomic mass is 19.2. The molecule has 0 radical (unpaired) electrons. The standard InChI is InChI=1S/C28H40F2O4/c1-3-5-6-8-20-11-15-22(16-12-20)28(32)34-24-18-17-23(25(29)26(24)30)33-27(31)21-13-9-19(7-4-2)10-14-21/h17-22H,3-16H2,1-2H3. The van der Waals surface area contributed by atoms with Gasteiger partial charge in [-0.25, -0.2) is 0 Å². The van der Waals surface area contributed by atoms with Gasteiger partial charge in [-0.15, -0.1) is 0 Å². The average molecular weight is 479 g/mol. The second-order valence-electron chi connectivity index (χ2n) is 10.3. The van der Waals surface area contributed by atoms with Crippen LogP contribution in [0.2, 0.25) is 0 Å². The molecule has 2 fully saturated rings. The number of benzene rings is 1. The maximum absolute atomic E-state index is 14.6. The molecular formula is C28H40F2O4. The monoisotopic (exact) mass is 478 g/mol. The number of esters is 2. The number of halogens is 2. The van der Waals surface area contributed by atoms with Gasteiger partial charge in [-0.1, -0.05) is 52.4 Å². The quantitative estimate of drug-likeness (QED) is 0.196. The van der Waals surface area contributed by atoms with E-state index in [1.54, 1.807) is 0 Å². The van der Waals surface area contributed by atoms with Gasteiger partial charge in [0.25, 0.3) is 0 Å². The molecule has 0 N–H and O–H groups in total. The SMILES string of the molecule is CCCCCC1CCC(C(=O)Oc2ccc(OC(=O)C3CCC(CCC)CC3)c(F)c2F)CC1. The fraction of sp³-hybridized carbons (Fsp3) is 0.714. The molecule has 0 aliphatic heterocycles. The van der Waals surface area contributed by atoms with Crippen LogP contribution in [0.4, 0.5) is 8.78 Å². The van der Waals surface area contributed by atoms with Gasteiger partial charge < -0.3 is 9.47 Å². The molecule has 0 spiro atoms. The van der Waals surface area contributed by atoms with E-state index >= 15 is 0 Å². The van der Waals surface area contributed by atoms with Gasteiger partial charge >= 0.3 is 11.9 Å². The maximum Gasteiger partial charge on any atom is 0.314 e. The lowest BCUT2D eigenvalue weighted by molar-refractivity contribution is -0.141. The molecule has 6 heteroatoms. The Morgan fingerprint density at radius 2 is 1.15 bits per heavy atom. The molecule has 0 atom stereocenters.